The minimum Gasteiger partial charge on any atom is -0.360 e. The average molecular weight is 358 g/mol. The number of amides is 1. The molecule has 7 nitrogen and oxygen atoms in total. The van der Waals surface area contributed by atoms with Crippen molar-refractivity contribution in [2.24, 2.45) is 0 Å². The summed E-state index contributed by atoms with van der Waals surface area (Å²) in [6.45, 7) is 2.42. The van der Waals surface area contributed by atoms with E-state index in [9.17, 15) is 4.79 Å². The number of benzene rings is 1. The van der Waals surface area contributed by atoms with E-state index in [0.29, 0.717) is 29.6 Å². The molecule has 0 saturated heterocycles. The fourth-order valence-corrected chi connectivity index (χ4v) is 2.25. The second-order valence-corrected chi connectivity index (χ2v) is 5.81. The van der Waals surface area contributed by atoms with Crippen LogP contribution in [0.2, 0.25) is 5.02 Å². The molecule has 0 aliphatic carbocycles. The lowest BCUT2D eigenvalue weighted by Crippen LogP contribution is -2.14. The lowest BCUT2D eigenvalue weighted by molar-refractivity contribution is 0.102. The molecule has 0 radical (unpaired) electrons. The highest BCUT2D eigenvalue weighted by atomic mass is 35.5. The lowest BCUT2D eigenvalue weighted by Gasteiger charge is -2.06. The highest BCUT2D eigenvalue weighted by Crippen LogP contribution is 2.11. The second-order valence-electron chi connectivity index (χ2n) is 5.38. The van der Waals surface area contributed by atoms with Gasteiger partial charge in [0, 0.05) is 30.0 Å². The molecule has 0 aliphatic rings. The third-order valence-corrected chi connectivity index (χ3v) is 3.65. The van der Waals surface area contributed by atoms with Crippen LogP contribution in [0.1, 0.15) is 21.7 Å². The van der Waals surface area contributed by atoms with Crippen molar-refractivity contribution in [3.05, 3.63) is 64.6 Å². The minimum atomic E-state index is -0.346. The fraction of sp³-hybridized carbons (Fsp3) is 0.176. The minimum absolute atomic E-state index is 0.337. The summed E-state index contributed by atoms with van der Waals surface area (Å²) in [4.78, 5) is 20.3. The summed E-state index contributed by atoms with van der Waals surface area (Å²) in [7, 11) is 0. The molecule has 3 rings (SSSR count). The smallest absolute Gasteiger partial charge is 0.260 e. The Morgan fingerprint density at radius 3 is 2.56 bits per heavy atom. The molecule has 1 amide bonds. The van der Waals surface area contributed by atoms with Gasteiger partial charge in [-0.2, -0.15) is 0 Å². The highest BCUT2D eigenvalue weighted by Gasteiger charge is 2.10. The number of anilines is 2. The molecule has 1 aromatic carbocycles. The van der Waals surface area contributed by atoms with Gasteiger partial charge in [-0.15, -0.1) is 0 Å². The standard InChI is InChI=1S/C17H16ClN5O2/c1-11-8-15(23-25-11)22-16(24)13-9-20-17(21-10-13)19-7-6-12-2-4-14(18)5-3-12/h2-5,8-10H,6-7H2,1H3,(H,19,20,21)(H,22,23,24). The molecule has 0 fully saturated rings. The van der Waals surface area contributed by atoms with Gasteiger partial charge in [-0.1, -0.05) is 28.9 Å². The van der Waals surface area contributed by atoms with E-state index in [2.05, 4.69) is 25.8 Å². The molecule has 0 bridgehead atoms. The first-order valence-corrected chi connectivity index (χ1v) is 8.03. The van der Waals surface area contributed by atoms with E-state index in [1.54, 1.807) is 13.0 Å². The monoisotopic (exact) mass is 357 g/mol. The zero-order chi connectivity index (χ0) is 17.6. The van der Waals surface area contributed by atoms with E-state index in [-0.39, 0.29) is 5.91 Å². The van der Waals surface area contributed by atoms with Crippen LogP contribution in [-0.2, 0) is 6.42 Å². The van der Waals surface area contributed by atoms with Gasteiger partial charge in [-0.05, 0) is 31.0 Å². The maximum absolute atomic E-state index is 12.1. The van der Waals surface area contributed by atoms with E-state index < -0.39 is 0 Å². The summed E-state index contributed by atoms with van der Waals surface area (Å²) < 4.78 is 4.89. The van der Waals surface area contributed by atoms with Crippen molar-refractivity contribution in [2.75, 3.05) is 17.2 Å². The zero-order valence-electron chi connectivity index (χ0n) is 13.5. The topological polar surface area (TPSA) is 92.9 Å². The van der Waals surface area contributed by atoms with E-state index in [0.717, 1.165) is 17.0 Å². The summed E-state index contributed by atoms with van der Waals surface area (Å²) in [6, 6.07) is 9.30. The van der Waals surface area contributed by atoms with Gasteiger partial charge in [0.05, 0.1) is 5.56 Å². The van der Waals surface area contributed by atoms with Gasteiger partial charge in [0.2, 0.25) is 5.95 Å². The number of carbonyl (C=O) groups is 1. The van der Waals surface area contributed by atoms with Crippen molar-refractivity contribution in [1.82, 2.24) is 15.1 Å². The number of aromatic nitrogens is 3. The number of hydrogen-bond acceptors (Lipinski definition) is 6. The van der Waals surface area contributed by atoms with Crippen LogP contribution in [0, 0.1) is 6.92 Å². The first kappa shape index (κ1) is 16.9. The molecule has 2 heterocycles. The molecule has 25 heavy (non-hydrogen) atoms. The maximum Gasteiger partial charge on any atom is 0.260 e. The summed E-state index contributed by atoms with van der Waals surface area (Å²) in [5, 5.41) is 10.1. The van der Waals surface area contributed by atoms with Gasteiger partial charge in [0.15, 0.2) is 5.82 Å². The van der Waals surface area contributed by atoms with Gasteiger partial charge in [0.1, 0.15) is 5.76 Å². The van der Waals surface area contributed by atoms with Gasteiger partial charge in [0.25, 0.3) is 5.91 Å². The van der Waals surface area contributed by atoms with Crippen LogP contribution in [0.25, 0.3) is 0 Å². The van der Waals surface area contributed by atoms with Crippen LogP contribution in [0.3, 0.4) is 0 Å². The Bertz CT molecular complexity index is 846. The quantitative estimate of drug-likeness (QED) is 0.702. The first-order chi connectivity index (χ1) is 12.1. The number of nitrogens with one attached hydrogen (secondary N) is 2. The lowest BCUT2D eigenvalue weighted by atomic mass is 10.1. The van der Waals surface area contributed by atoms with Crippen LogP contribution in [-0.4, -0.2) is 27.6 Å². The van der Waals surface area contributed by atoms with Gasteiger partial charge >= 0.3 is 0 Å². The second kappa shape index (κ2) is 7.76. The molecule has 0 unspecified atom stereocenters. The maximum atomic E-state index is 12.1. The third-order valence-electron chi connectivity index (χ3n) is 3.39. The number of carbonyl (C=O) groups excluding carboxylic acids is 1. The van der Waals surface area contributed by atoms with E-state index in [4.69, 9.17) is 16.1 Å². The summed E-state index contributed by atoms with van der Waals surface area (Å²) in [6.07, 6.45) is 3.73. The van der Waals surface area contributed by atoms with Crippen molar-refractivity contribution in [3.8, 4) is 0 Å². The van der Waals surface area contributed by atoms with Gasteiger partial charge in [-0.25, -0.2) is 9.97 Å². The predicted octanol–water partition coefficient (Wildman–Crippen LogP) is 3.33. The van der Waals surface area contributed by atoms with Crippen molar-refractivity contribution in [3.63, 3.8) is 0 Å². The normalized spacial score (nSPS) is 10.5. The highest BCUT2D eigenvalue weighted by molar-refractivity contribution is 6.30. The number of aryl methyl sites for hydroxylation is 1. The van der Waals surface area contributed by atoms with Crippen molar-refractivity contribution < 1.29 is 9.32 Å². The molecule has 3 aromatic rings. The molecule has 2 N–H and O–H groups in total. The molecule has 0 aliphatic heterocycles. The van der Waals surface area contributed by atoms with Crippen LogP contribution >= 0.6 is 11.6 Å². The van der Waals surface area contributed by atoms with E-state index in [1.165, 1.54) is 12.4 Å². The number of rotatable bonds is 6. The SMILES string of the molecule is Cc1cc(NC(=O)c2cnc(NCCc3ccc(Cl)cc3)nc2)no1. The number of hydrogen-bond donors (Lipinski definition) is 2. The molecule has 2 aromatic heterocycles. The zero-order valence-corrected chi connectivity index (χ0v) is 14.2. The molecule has 0 saturated carbocycles. The molecule has 8 heteroatoms. The van der Waals surface area contributed by atoms with Crippen LogP contribution in [0.15, 0.2) is 47.2 Å². The Morgan fingerprint density at radius 1 is 1.20 bits per heavy atom. The Labute approximate surface area is 149 Å². The van der Waals surface area contributed by atoms with Crippen LogP contribution < -0.4 is 10.6 Å². The first-order valence-electron chi connectivity index (χ1n) is 7.65. The van der Waals surface area contributed by atoms with Gasteiger partial charge < -0.3 is 15.2 Å². The summed E-state index contributed by atoms with van der Waals surface area (Å²) in [5.74, 6) is 1.09. The average Bonchev–Trinajstić information content (AvgIpc) is 3.02. The Kier molecular flexibility index (Phi) is 5.25. The third kappa shape index (κ3) is 4.77. The summed E-state index contributed by atoms with van der Waals surface area (Å²) >= 11 is 5.86. The van der Waals surface area contributed by atoms with Crippen molar-refractivity contribution >= 4 is 29.3 Å². The van der Waals surface area contributed by atoms with E-state index in [1.807, 2.05) is 24.3 Å². The Morgan fingerprint density at radius 2 is 1.92 bits per heavy atom. The van der Waals surface area contributed by atoms with Crippen molar-refractivity contribution in [2.45, 2.75) is 13.3 Å². The molecule has 0 spiro atoms. The molecule has 0 atom stereocenters. The molecular formula is C17H16ClN5O2. The fourth-order valence-electron chi connectivity index (χ4n) is 2.12. The molecular weight excluding hydrogens is 342 g/mol. The van der Waals surface area contributed by atoms with Crippen LogP contribution in [0.4, 0.5) is 11.8 Å². The predicted molar refractivity (Wildman–Crippen MR) is 94.9 cm³/mol. The summed E-state index contributed by atoms with van der Waals surface area (Å²) in [5.41, 5.74) is 1.50. The molecule has 128 valence electrons. The van der Waals surface area contributed by atoms with Gasteiger partial charge in [-0.3, -0.25) is 4.79 Å². The Balaban J connectivity index is 1.51. The van der Waals surface area contributed by atoms with Crippen molar-refractivity contribution in [1.29, 1.82) is 0 Å². The number of nitrogens with zero attached hydrogens (tertiary/aromatic N) is 3. The van der Waals surface area contributed by atoms with Crippen LogP contribution in [0.5, 0.6) is 0 Å². The Hall–Kier alpha value is -2.93. The number of halogens is 1. The largest absolute Gasteiger partial charge is 0.360 e. The van der Waals surface area contributed by atoms with E-state index >= 15 is 0 Å².